The number of aromatic nitrogens is 1. The lowest BCUT2D eigenvalue weighted by atomic mass is 10.1. The van der Waals surface area contributed by atoms with Crippen LogP contribution in [0.3, 0.4) is 0 Å². The lowest BCUT2D eigenvalue weighted by Gasteiger charge is -2.12. The summed E-state index contributed by atoms with van der Waals surface area (Å²) in [6, 6.07) is 17.8. The largest absolute Gasteiger partial charge is 0.494 e. The van der Waals surface area contributed by atoms with Crippen molar-refractivity contribution in [3.8, 4) is 5.75 Å². The molecule has 2 aromatic carbocycles. The molecule has 0 atom stereocenters. The predicted octanol–water partition coefficient (Wildman–Crippen LogP) is 3.91. The fraction of sp³-hybridized carbons (Fsp3) is 0.136. The van der Waals surface area contributed by atoms with Gasteiger partial charge in [-0.1, -0.05) is 24.3 Å². The van der Waals surface area contributed by atoms with E-state index in [1.807, 2.05) is 31.2 Å². The zero-order valence-electron chi connectivity index (χ0n) is 15.5. The number of carbonyl (C=O) groups excluding carboxylic acids is 2. The molecule has 2 N–H and O–H groups in total. The SMILES string of the molecule is CCOc1ccc(CC(=O)Nc2ccccc2NC(=O)c2cccnc2)cc1. The number of para-hydroxylation sites is 2. The first kappa shape index (κ1) is 19.1. The molecular weight excluding hydrogens is 354 g/mol. The van der Waals surface area contributed by atoms with E-state index in [4.69, 9.17) is 4.74 Å². The van der Waals surface area contributed by atoms with Crippen molar-refractivity contribution < 1.29 is 14.3 Å². The van der Waals surface area contributed by atoms with Gasteiger partial charge in [0.1, 0.15) is 5.75 Å². The second-order valence-electron chi connectivity index (χ2n) is 6.04. The number of hydrogen-bond acceptors (Lipinski definition) is 4. The summed E-state index contributed by atoms with van der Waals surface area (Å²) in [4.78, 5) is 28.7. The number of nitrogens with one attached hydrogen (secondary N) is 2. The third-order valence-electron chi connectivity index (χ3n) is 3.97. The van der Waals surface area contributed by atoms with Crippen molar-refractivity contribution in [1.82, 2.24) is 4.98 Å². The molecule has 0 saturated carbocycles. The predicted molar refractivity (Wildman–Crippen MR) is 109 cm³/mol. The zero-order chi connectivity index (χ0) is 19.8. The maximum absolute atomic E-state index is 12.4. The number of hydrogen-bond donors (Lipinski definition) is 2. The summed E-state index contributed by atoms with van der Waals surface area (Å²) >= 11 is 0. The third-order valence-corrected chi connectivity index (χ3v) is 3.97. The highest BCUT2D eigenvalue weighted by atomic mass is 16.5. The Hall–Kier alpha value is -3.67. The Morgan fingerprint density at radius 3 is 2.29 bits per heavy atom. The average molecular weight is 375 g/mol. The molecule has 0 aliphatic rings. The fourth-order valence-electron chi connectivity index (χ4n) is 2.64. The summed E-state index contributed by atoms with van der Waals surface area (Å²) in [6.07, 6.45) is 3.31. The van der Waals surface area contributed by atoms with Crippen LogP contribution in [0, 0.1) is 0 Å². The van der Waals surface area contributed by atoms with E-state index in [0.717, 1.165) is 11.3 Å². The summed E-state index contributed by atoms with van der Waals surface area (Å²) in [7, 11) is 0. The van der Waals surface area contributed by atoms with E-state index in [1.54, 1.807) is 42.6 Å². The molecule has 28 heavy (non-hydrogen) atoms. The number of rotatable bonds is 7. The van der Waals surface area contributed by atoms with Gasteiger partial charge in [-0.2, -0.15) is 0 Å². The third kappa shape index (κ3) is 5.17. The first-order valence-corrected chi connectivity index (χ1v) is 8.97. The second kappa shape index (κ2) is 9.32. The number of anilines is 2. The summed E-state index contributed by atoms with van der Waals surface area (Å²) in [5.74, 6) is 0.309. The molecule has 6 heteroatoms. The van der Waals surface area contributed by atoms with Gasteiger partial charge in [-0.3, -0.25) is 14.6 Å². The van der Waals surface area contributed by atoms with Crippen LogP contribution in [0.15, 0.2) is 73.1 Å². The molecule has 142 valence electrons. The van der Waals surface area contributed by atoms with E-state index in [2.05, 4.69) is 15.6 Å². The number of ether oxygens (including phenoxy) is 1. The van der Waals surface area contributed by atoms with Gasteiger partial charge in [0, 0.05) is 12.4 Å². The van der Waals surface area contributed by atoms with Crippen molar-refractivity contribution in [2.45, 2.75) is 13.3 Å². The monoisotopic (exact) mass is 375 g/mol. The minimum atomic E-state index is -0.290. The van der Waals surface area contributed by atoms with Crippen LogP contribution < -0.4 is 15.4 Å². The summed E-state index contributed by atoms with van der Waals surface area (Å²) < 4.78 is 5.41. The lowest BCUT2D eigenvalue weighted by Crippen LogP contribution is -2.18. The van der Waals surface area contributed by atoms with Crippen molar-refractivity contribution in [1.29, 1.82) is 0 Å². The van der Waals surface area contributed by atoms with Crippen molar-refractivity contribution in [3.63, 3.8) is 0 Å². The van der Waals surface area contributed by atoms with Crippen LogP contribution in [0.5, 0.6) is 5.75 Å². The van der Waals surface area contributed by atoms with Crippen LogP contribution in [-0.4, -0.2) is 23.4 Å². The van der Waals surface area contributed by atoms with Gasteiger partial charge in [-0.25, -0.2) is 0 Å². The molecule has 0 aliphatic heterocycles. The van der Waals surface area contributed by atoms with Crippen LogP contribution in [0.4, 0.5) is 11.4 Å². The van der Waals surface area contributed by atoms with E-state index in [9.17, 15) is 9.59 Å². The van der Waals surface area contributed by atoms with Crippen molar-refractivity contribution in [2.24, 2.45) is 0 Å². The summed E-state index contributed by atoms with van der Waals surface area (Å²) in [5.41, 5.74) is 2.38. The van der Waals surface area contributed by atoms with Crippen LogP contribution in [0.1, 0.15) is 22.8 Å². The number of carbonyl (C=O) groups is 2. The highest BCUT2D eigenvalue weighted by molar-refractivity contribution is 6.07. The van der Waals surface area contributed by atoms with E-state index >= 15 is 0 Å². The standard InChI is InChI=1S/C22H21N3O3/c1-2-28-18-11-9-16(10-12-18)14-21(26)24-19-7-3-4-8-20(19)25-22(27)17-6-5-13-23-15-17/h3-13,15H,2,14H2,1H3,(H,24,26)(H,25,27). The number of pyridine rings is 1. The van der Waals surface area contributed by atoms with Gasteiger partial charge in [0.25, 0.3) is 5.91 Å². The average Bonchev–Trinajstić information content (AvgIpc) is 2.72. The maximum Gasteiger partial charge on any atom is 0.257 e. The van der Waals surface area contributed by atoms with Crippen molar-refractivity contribution in [3.05, 3.63) is 84.2 Å². The number of amides is 2. The van der Waals surface area contributed by atoms with Crippen LogP contribution in [-0.2, 0) is 11.2 Å². The molecule has 0 radical (unpaired) electrons. The summed E-state index contributed by atoms with van der Waals surface area (Å²) in [5, 5.41) is 5.66. The molecule has 3 aromatic rings. The Balaban J connectivity index is 1.65. The van der Waals surface area contributed by atoms with E-state index in [0.29, 0.717) is 23.5 Å². The van der Waals surface area contributed by atoms with Gasteiger partial charge in [0.05, 0.1) is 30.0 Å². The topological polar surface area (TPSA) is 80.3 Å². The van der Waals surface area contributed by atoms with E-state index in [-0.39, 0.29) is 18.2 Å². The fourth-order valence-corrected chi connectivity index (χ4v) is 2.64. The highest BCUT2D eigenvalue weighted by Crippen LogP contribution is 2.22. The Morgan fingerprint density at radius 2 is 1.64 bits per heavy atom. The maximum atomic E-state index is 12.4. The van der Waals surface area contributed by atoms with Crippen molar-refractivity contribution in [2.75, 3.05) is 17.2 Å². The molecule has 0 bridgehead atoms. The Bertz CT molecular complexity index is 941. The minimum Gasteiger partial charge on any atom is -0.494 e. The van der Waals surface area contributed by atoms with Gasteiger partial charge in [0.15, 0.2) is 0 Å². The first-order chi connectivity index (χ1) is 13.7. The molecular formula is C22H21N3O3. The molecule has 3 rings (SSSR count). The van der Waals surface area contributed by atoms with Gasteiger partial charge in [-0.05, 0) is 48.9 Å². The molecule has 0 fully saturated rings. The highest BCUT2D eigenvalue weighted by Gasteiger charge is 2.11. The first-order valence-electron chi connectivity index (χ1n) is 8.97. The normalized spacial score (nSPS) is 10.2. The second-order valence-corrected chi connectivity index (χ2v) is 6.04. The van der Waals surface area contributed by atoms with E-state index in [1.165, 1.54) is 6.20 Å². The Labute approximate surface area is 163 Å². The molecule has 2 amide bonds. The molecule has 0 aliphatic carbocycles. The number of nitrogens with zero attached hydrogens (tertiary/aromatic N) is 1. The minimum absolute atomic E-state index is 0.174. The van der Waals surface area contributed by atoms with Crippen molar-refractivity contribution >= 4 is 23.2 Å². The Morgan fingerprint density at radius 1 is 0.929 bits per heavy atom. The zero-order valence-corrected chi connectivity index (χ0v) is 15.5. The molecule has 1 aromatic heterocycles. The van der Waals surface area contributed by atoms with Gasteiger partial charge < -0.3 is 15.4 Å². The van der Waals surface area contributed by atoms with E-state index < -0.39 is 0 Å². The molecule has 1 heterocycles. The van der Waals surface area contributed by atoms with Crippen LogP contribution >= 0.6 is 0 Å². The molecule has 6 nitrogen and oxygen atoms in total. The summed E-state index contributed by atoms with van der Waals surface area (Å²) in [6.45, 7) is 2.52. The van der Waals surface area contributed by atoms with Crippen LogP contribution in [0.2, 0.25) is 0 Å². The molecule has 0 unspecified atom stereocenters. The van der Waals surface area contributed by atoms with Crippen LogP contribution in [0.25, 0.3) is 0 Å². The quantitative estimate of drug-likeness (QED) is 0.656. The molecule has 0 spiro atoms. The van der Waals surface area contributed by atoms with Gasteiger partial charge in [-0.15, -0.1) is 0 Å². The smallest absolute Gasteiger partial charge is 0.257 e. The Kier molecular flexibility index (Phi) is 6.36. The molecule has 0 saturated heterocycles. The number of benzene rings is 2. The lowest BCUT2D eigenvalue weighted by molar-refractivity contribution is -0.115. The van der Waals surface area contributed by atoms with Gasteiger partial charge >= 0.3 is 0 Å². The van der Waals surface area contributed by atoms with Gasteiger partial charge in [0.2, 0.25) is 5.91 Å².